The highest BCUT2D eigenvalue weighted by Gasteiger charge is 2.22. The molecule has 0 saturated heterocycles. The first kappa shape index (κ1) is 17.9. The minimum atomic E-state index is 0.383. The third kappa shape index (κ3) is 8.90. The van der Waals surface area contributed by atoms with Crippen LogP contribution >= 0.6 is 0 Å². The molecule has 3 nitrogen and oxygen atoms in total. The second-order valence-electron chi connectivity index (χ2n) is 6.32. The van der Waals surface area contributed by atoms with E-state index in [0.29, 0.717) is 18.2 Å². The maximum absolute atomic E-state index is 5.65. The molecule has 1 unspecified atom stereocenters. The van der Waals surface area contributed by atoms with E-state index in [4.69, 9.17) is 4.74 Å². The Morgan fingerprint density at radius 3 is 2.33 bits per heavy atom. The highest BCUT2D eigenvalue weighted by molar-refractivity contribution is 4.75. The van der Waals surface area contributed by atoms with Gasteiger partial charge in [-0.05, 0) is 31.7 Å². The lowest BCUT2D eigenvalue weighted by atomic mass is 9.86. The summed E-state index contributed by atoms with van der Waals surface area (Å²) in [6, 6.07) is 0.633. The van der Waals surface area contributed by atoms with E-state index in [0.717, 1.165) is 13.3 Å². The van der Waals surface area contributed by atoms with Gasteiger partial charge < -0.3 is 4.74 Å². The average molecular weight is 258 g/mol. The molecule has 0 heterocycles. The highest BCUT2D eigenvalue weighted by Crippen LogP contribution is 2.25. The molecule has 0 aromatic carbocycles. The lowest BCUT2D eigenvalue weighted by Crippen LogP contribution is -2.40. The van der Waals surface area contributed by atoms with Gasteiger partial charge in [-0.15, -0.1) is 0 Å². The van der Waals surface area contributed by atoms with Crippen molar-refractivity contribution in [3.05, 3.63) is 0 Å². The summed E-state index contributed by atoms with van der Waals surface area (Å²) < 4.78 is 5.65. The molecular weight excluding hydrogens is 224 g/mol. The standard InChI is InChI=1S/C15H34N2O/c1-7-9-10-17(13-18-12-16-6)14(8-2)11-15(3,4)5/h14,16H,7-13H2,1-6H3. The van der Waals surface area contributed by atoms with Crippen LogP contribution in [0.15, 0.2) is 0 Å². The number of hydrogen-bond acceptors (Lipinski definition) is 3. The van der Waals surface area contributed by atoms with Crippen LogP contribution in [0, 0.1) is 5.41 Å². The predicted molar refractivity (Wildman–Crippen MR) is 79.6 cm³/mol. The first-order valence-corrected chi connectivity index (χ1v) is 7.41. The van der Waals surface area contributed by atoms with E-state index in [1.807, 2.05) is 7.05 Å². The number of ether oxygens (including phenoxy) is 1. The molecule has 0 aliphatic carbocycles. The van der Waals surface area contributed by atoms with Crippen LogP contribution in [0.3, 0.4) is 0 Å². The van der Waals surface area contributed by atoms with E-state index in [2.05, 4.69) is 44.8 Å². The molecule has 0 aliphatic rings. The Bertz CT molecular complexity index is 189. The second kappa shape index (κ2) is 9.76. The van der Waals surface area contributed by atoms with Gasteiger partial charge in [0.25, 0.3) is 0 Å². The molecule has 0 spiro atoms. The molecule has 0 amide bonds. The van der Waals surface area contributed by atoms with E-state index in [-0.39, 0.29) is 0 Å². The maximum Gasteiger partial charge on any atom is 0.101 e. The normalized spacial score (nSPS) is 14.2. The van der Waals surface area contributed by atoms with Crippen LogP contribution in [-0.2, 0) is 4.74 Å². The van der Waals surface area contributed by atoms with Crippen molar-refractivity contribution in [2.24, 2.45) is 5.41 Å². The van der Waals surface area contributed by atoms with Gasteiger partial charge in [-0.25, -0.2) is 0 Å². The molecule has 0 saturated carbocycles. The molecule has 0 rings (SSSR count). The molecule has 1 atom stereocenters. The van der Waals surface area contributed by atoms with Crippen LogP contribution in [0.5, 0.6) is 0 Å². The van der Waals surface area contributed by atoms with Crippen molar-refractivity contribution in [2.45, 2.75) is 66.3 Å². The summed E-state index contributed by atoms with van der Waals surface area (Å²) in [6.07, 6.45) is 4.93. The molecule has 110 valence electrons. The van der Waals surface area contributed by atoms with E-state index in [1.165, 1.54) is 25.7 Å². The van der Waals surface area contributed by atoms with Gasteiger partial charge >= 0.3 is 0 Å². The number of nitrogens with one attached hydrogen (secondary N) is 1. The number of rotatable bonds is 10. The number of hydrogen-bond donors (Lipinski definition) is 1. The van der Waals surface area contributed by atoms with Crippen molar-refractivity contribution >= 4 is 0 Å². The first-order chi connectivity index (χ1) is 8.44. The molecule has 18 heavy (non-hydrogen) atoms. The van der Waals surface area contributed by atoms with Gasteiger partial charge in [0.05, 0.1) is 6.73 Å². The fourth-order valence-electron chi connectivity index (χ4n) is 2.22. The minimum Gasteiger partial charge on any atom is -0.351 e. The van der Waals surface area contributed by atoms with Crippen molar-refractivity contribution in [3.63, 3.8) is 0 Å². The topological polar surface area (TPSA) is 24.5 Å². The third-order valence-corrected chi connectivity index (χ3v) is 3.14. The van der Waals surface area contributed by atoms with Crippen LogP contribution in [-0.4, -0.2) is 38.0 Å². The van der Waals surface area contributed by atoms with E-state index in [9.17, 15) is 0 Å². The summed E-state index contributed by atoms with van der Waals surface area (Å²) in [7, 11) is 1.92. The van der Waals surface area contributed by atoms with Crippen LogP contribution in [0.1, 0.15) is 60.3 Å². The zero-order chi connectivity index (χ0) is 14.0. The van der Waals surface area contributed by atoms with Crippen molar-refractivity contribution < 1.29 is 4.74 Å². The van der Waals surface area contributed by atoms with Crippen molar-refractivity contribution in [2.75, 3.05) is 27.1 Å². The summed E-state index contributed by atoms with van der Waals surface area (Å²) in [5, 5.41) is 3.04. The summed E-state index contributed by atoms with van der Waals surface area (Å²) in [5.41, 5.74) is 0.383. The van der Waals surface area contributed by atoms with Crippen LogP contribution in [0.25, 0.3) is 0 Å². The number of unbranched alkanes of at least 4 members (excludes halogenated alkanes) is 1. The minimum absolute atomic E-state index is 0.383. The molecule has 0 aromatic heterocycles. The van der Waals surface area contributed by atoms with E-state index in [1.54, 1.807) is 0 Å². The lowest BCUT2D eigenvalue weighted by Gasteiger charge is -2.35. The van der Waals surface area contributed by atoms with Crippen LogP contribution in [0.2, 0.25) is 0 Å². The van der Waals surface area contributed by atoms with Crippen molar-refractivity contribution in [1.29, 1.82) is 0 Å². The molecule has 0 aliphatic heterocycles. The highest BCUT2D eigenvalue weighted by atomic mass is 16.5. The van der Waals surface area contributed by atoms with Crippen LogP contribution in [0.4, 0.5) is 0 Å². The van der Waals surface area contributed by atoms with Gasteiger partial charge in [0.2, 0.25) is 0 Å². The Balaban J connectivity index is 4.36. The fraction of sp³-hybridized carbons (Fsp3) is 1.00. The summed E-state index contributed by atoms with van der Waals surface area (Å²) in [6.45, 7) is 14.0. The molecule has 3 heteroatoms. The maximum atomic E-state index is 5.65. The Morgan fingerprint density at radius 2 is 1.89 bits per heavy atom. The summed E-state index contributed by atoms with van der Waals surface area (Å²) >= 11 is 0. The Hall–Kier alpha value is -0.120. The Kier molecular flexibility index (Phi) is 9.70. The molecule has 1 N–H and O–H groups in total. The predicted octanol–water partition coefficient (Wildman–Crippen LogP) is 3.45. The third-order valence-electron chi connectivity index (χ3n) is 3.14. The Labute approximate surface area is 114 Å². The van der Waals surface area contributed by atoms with E-state index >= 15 is 0 Å². The zero-order valence-corrected chi connectivity index (χ0v) is 13.4. The molecule has 0 bridgehead atoms. The first-order valence-electron chi connectivity index (χ1n) is 7.41. The van der Waals surface area contributed by atoms with Gasteiger partial charge in [0.15, 0.2) is 0 Å². The molecule has 0 aromatic rings. The average Bonchev–Trinajstić information content (AvgIpc) is 2.29. The molecule has 0 radical (unpaired) electrons. The largest absolute Gasteiger partial charge is 0.351 e. The monoisotopic (exact) mass is 258 g/mol. The summed E-state index contributed by atoms with van der Waals surface area (Å²) in [4.78, 5) is 2.51. The van der Waals surface area contributed by atoms with Gasteiger partial charge in [-0.1, -0.05) is 41.0 Å². The number of nitrogens with zero attached hydrogens (tertiary/aromatic N) is 1. The smallest absolute Gasteiger partial charge is 0.101 e. The summed E-state index contributed by atoms with van der Waals surface area (Å²) in [5.74, 6) is 0. The second-order valence-corrected chi connectivity index (χ2v) is 6.32. The SMILES string of the molecule is CCCCN(COCNC)C(CC)CC(C)(C)C. The zero-order valence-electron chi connectivity index (χ0n) is 13.4. The van der Waals surface area contributed by atoms with Crippen molar-refractivity contribution in [3.8, 4) is 0 Å². The molecule has 0 fully saturated rings. The Morgan fingerprint density at radius 1 is 1.22 bits per heavy atom. The van der Waals surface area contributed by atoms with E-state index < -0.39 is 0 Å². The van der Waals surface area contributed by atoms with Gasteiger partial charge in [-0.2, -0.15) is 0 Å². The van der Waals surface area contributed by atoms with Gasteiger partial charge in [0, 0.05) is 12.6 Å². The van der Waals surface area contributed by atoms with Gasteiger partial charge in [0.1, 0.15) is 6.73 Å². The van der Waals surface area contributed by atoms with Crippen LogP contribution < -0.4 is 5.32 Å². The van der Waals surface area contributed by atoms with Crippen molar-refractivity contribution in [1.82, 2.24) is 10.2 Å². The lowest BCUT2D eigenvalue weighted by molar-refractivity contribution is -0.0115. The quantitative estimate of drug-likeness (QED) is 0.480. The molecular formula is C15H34N2O. The van der Waals surface area contributed by atoms with Gasteiger partial charge in [-0.3, -0.25) is 10.2 Å². The fourth-order valence-corrected chi connectivity index (χ4v) is 2.22.